The second-order valence-electron chi connectivity index (χ2n) is 2.82. The van der Waals surface area contributed by atoms with Gasteiger partial charge in [-0.1, -0.05) is 6.08 Å². The van der Waals surface area contributed by atoms with E-state index in [4.69, 9.17) is 5.11 Å². The van der Waals surface area contributed by atoms with Crippen molar-refractivity contribution in [3.05, 3.63) is 29.6 Å². The Bertz CT molecular complexity index is 414. The number of H-pyrrole nitrogens is 1. The molecule has 0 saturated heterocycles. The van der Waals surface area contributed by atoms with E-state index in [0.717, 1.165) is 0 Å². The third-order valence-electron chi connectivity index (χ3n) is 2.04. The molecule has 0 amide bonds. The highest BCUT2D eigenvalue weighted by atomic mass is 16.4. The van der Waals surface area contributed by atoms with Crippen molar-refractivity contribution in [1.82, 2.24) is 4.98 Å². The topological polar surface area (TPSA) is 70.2 Å². The molecule has 0 fully saturated rings. The van der Waals surface area contributed by atoms with Crippen LogP contribution in [-0.2, 0) is 4.79 Å². The summed E-state index contributed by atoms with van der Waals surface area (Å²) in [5, 5.41) is 8.79. The second kappa shape index (κ2) is 2.58. The van der Waals surface area contributed by atoms with E-state index in [-0.39, 0.29) is 17.8 Å². The summed E-state index contributed by atoms with van der Waals surface area (Å²) in [4.78, 5) is 24.7. The Morgan fingerprint density at radius 1 is 1.54 bits per heavy atom. The summed E-state index contributed by atoms with van der Waals surface area (Å²) < 4.78 is 0. The zero-order valence-electron chi connectivity index (χ0n) is 6.70. The molecule has 66 valence electrons. The van der Waals surface area contributed by atoms with Gasteiger partial charge in [-0.15, -0.1) is 0 Å². The number of carbonyl (C=O) groups excluding carboxylic acids is 1. The van der Waals surface area contributed by atoms with Gasteiger partial charge in [0.2, 0.25) is 0 Å². The zero-order chi connectivity index (χ0) is 9.42. The Kier molecular flexibility index (Phi) is 1.55. The quantitative estimate of drug-likeness (QED) is 0.674. The molecule has 1 aliphatic rings. The number of aromatic nitrogens is 1. The molecule has 1 heterocycles. The van der Waals surface area contributed by atoms with E-state index in [0.29, 0.717) is 11.3 Å². The molecule has 4 nitrogen and oxygen atoms in total. The standard InChI is InChI=1S/C9H7NO3/c11-7-2-1-6(9(12)13)8-5(7)3-4-10-8/h1,3-4,10H,2H2,(H,12,13). The summed E-state index contributed by atoms with van der Waals surface area (Å²) >= 11 is 0. The normalized spacial score (nSPS) is 15.1. The predicted octanol–water partition coefficient (Wildman–Crippen LogP) is 1.07. The van der Waals surface area contributed by atoms with Gasteiger partial charge in [0, 0.05) is 18.2 Å². The van der Waals surface area contributed by atoms with E-state index in [2.05, 4.69) is 4.98 Å². The first-order chi connectivity index (χ1) is 6.20. The lowest BCUT2D eigenvalue weighted by Crippen LogP contribution is -2.11. The molecule has 1 aromatic heterocycles. The van der Waals surface area contributed by atoms with E-state index >= 15 is 0 Å². The van der Waals surface area contributed by atoms with Crippen molar-refractivity contribution in [2.45, 2.75) is 6.42 Å². The average Bonchev–Trinajstić information content (AvgIpc) is 2.53. The predicted molar refractivity (Wildman–Crippen MR) is 45.4 cm³/mol. The number of aliphatic carboxylic acids is 1. The molecule has 0 aliphatic heterocycles. The number of aromatic amines is 1. The molecule has 0 unspecified atom stereocenters. The van der Waals surface area contributed by atoms with Crippen LogP contribution in [0.3, 0.4) is 0 Å². The SMILES string of the molecule is O=C(O)C1=CCC(=O)c2cc[nH]c21. The van der Waals surface area contributed by atoms with E-state index in [1.54, 1.807) is 12.3 Å². The first-order valence-electron chi connectivity index (χ1n) is 3.84. The van der Waals surface area contributed by atoms with Crippen molar-refractivity contribution < 1.29 is 14.7 Å². The number of fused-ring (bicyclic) bond motifs is 1. The molecule has 1 aliphatic carbocycles. The van der Waals surface area contributed by atoms with E-state index in [1.807, 2.05) is 0 Å². The van der Waals surface area contributed by atoms with Crippen LogP contribution in [-0.4, -0.2) is 21.8 Å². The molecule has 0 aromatic carbocycles. The lowest BCUT2D eigenvalue weighted by molar-refractivity contribution is -0.130. The smallest absolute Gasteiger partial charge is 0.337 e. The fourth-order valence-electron chi connectivity index (χ4n) is 1.43. The Morgan fingerprint density at radius 3 is 3.00 bits per heavy atom. The molecule has 0 atom stereocenters. The molecular formula is C9H7NO3. The number of hydrogen-bond donors (Lipinski definition) is 2. The highest BCUT2D eigenvalue weighted by Gasteiger charge is 2.23. The first-order valence-corrected chi connectivity index (χ1v) is 3.84. The van der Waals surface area contributed by atoms with Crippen LogP contribution in [0.5, 0.6) is 0 Å². The molecule has 2 rings (SSSR count). The van der Waals surface area contributed by atoms with Gasteiger partial charge in [0.1, 0.15) is 0 Å². The molecule has 0 spiro atoms. The number of ketones is 1. The molecular weight excluding hydrogens is 170 g/mol. The number of carbonyl (C=O) groups is 2. The molecule has 0 saturated carbocycles. The van der Waals surface area contributed by atoms with Gasteiger partial charge >= 0.3 is 5.97 Å². The van der Waals surface area contributed by atoms with Crippen molar-refractivity contribution in [3.8, 4) is 0 Å². The van der Waals surface area contributed by atoms with Crippen molar-refractivity contribution in [2.75, 3.05) is 0 Å². The molecule has 0 bridgehead atoms. The summed E-state index contributed by atoms with van der Waals surface area (Å²) in [6, 6.07) is 1.60. The first kappa shape index (κ1) is 7.79. The minimum Gasteiger partial charge on any atom is -0.478 e. The molecule has 1 aromatic rings. The summed E-state index contributed by atoms with van der Waals surface area (Å²) in [7, 11) is 0. The van der Waals surface area contributed by atoms with E-state index in [9.17, 15) is 9.59 Å². The lowest BCUT2D eigenvalue weighted by Gasteiger charge is -2.08. The van der Waals surface area contributed by atoms with Gasteiger partial charge < -0.3 is 10.1 Å². The fraction of sp³-hybridized carbons (Fsp3) is 0.111. The highest BCUT2D eigenvalue weighted by Crippen LogP contribution is 2.24. The maximum atomic E-state index is 11.3. The van der Waals surface area contributed by atoms with Crippen LogP contribution in [0, 0.1) is 0 Å². The minimum absolute atomic E-state index is 0.0405. The van der Waals surface area contributed by atoms with Gasteiger partial charge in [-0.05, 0) is 6.07 Å². The fourth-order valence-corrected chi connectivity index (χ4v) is 1.43. The van der Waals surface area contributed by atoms with E-state index < -0.39 is 5.97 Å². The molecule has 4 heteroatoms. The monoisotopic (exact) mass is 177 g/mol. The third kappa shape index (κ3) is 1.07. The number of hydrogen-bond acceptors (Lipinski definition) is 2. The summed E-state index contributed by atoms with van der Waals surface area (Å²) in [6.45, 7) is 0. The maximum Gasteiger partial charge on any atom is 0.337 e. The molecule has 2 N–H and O–H groups in total. The Labute approximate surface area is 73.9 Å². The number of carboxylic acid groups (broad SMARTS) is 1. The number of allylic oxidation sites excluding steroid dienone is 1. The third-order valence-corrected chi connectivity index (χ3v) is 2.04. The number of rotatable bonds is 1. The van der Waals surface area contributed by atoms with Gasteiger partial charge in [0.05, 0.1) is 11.3 Å². The van der Waals surface area contributed by atoms with Gasteiger partial charge in [-0.2, -0.15) is 0 Å². The van der Waals surface area contributed by atoms with Crippen LogP contribution in [0.1, 0.15) is 22.5 Å². The number of nitrogens with one attached hydrogen (secondary N) is 1. The molecule has 0 radical (unpaired) electrons. The highest BCUT2D eigenvalue weighted by molar-refractivity contribution is 6.20. The Hall–Kier alpha value is -1.84. The van der Waals surface area contributed by atoms with Crippen molar-refractivity contribution in [2.24, 2.45) is 0 Å². The lowest BCUT2D eigenvalue weighted by atomic mass is 9.96. The van der Waals surface area contributed by atoms with E-state index in [1.165, 1.54) is 6.08 Å². The number of carboxylic acids is 1. The van der Waals surface area contributed by atoms with Gasteiger partial charge in [0.25, 0.3) is 0 Å². The van der Waals surface area contributed by atoms with Crippen LogP contribution >= 0.6 is 0 Å². The second-order valence-corrected chi connectivity index (χ2v) is 2.82. The number of Topliss-reactive ketones (excluding diaryl/α,β-unsaturated/α-hetero) is 1. The van der Waals surface area contributed by atoms with Gasteiger partial charge in [-0.3, -0.25) is 4.79 Å². The average molecular weight is 177 g/mol. The minimum atomic E-state index is -1.00. The largest absolute Gasteiger partial charge is 0.478 e. The van der Waals surface area contributed by atoms with Crippen LogP contribution in [0.25, 0.3) is 5.57 Å². The van der Waals surface area contributed by atoms with Crippen LogP contribution < -0.4 is 0 Å². The Balaban J connectivity index is 2.58. The summed E-state index contributed by atoms with van der Waals surface area (Å²) in [6.07, 6.45) is 3.18. The van der Waals surface area contributed by atoms with Crippen molar-refractivity contribution >= 4 is 17.3 Å². The van der Waals surface area contributed by atoms with Crippen LogP contribution in [0.15, 0.2) is 18.3 Å². The van der Waals surface area contributed by atoms with Crippen molar-refractivity contribution in [3.63, 3.8) is 0 Å². The van der Waals surface area contributed by atoms with Gasteiger partial charge in [0.15, 0.2) is 5.78 Å². The van der Waals surface area contributed by atoms with Crippen molar-refractivity contribution in [1.29, 1.82) is 0 Å². The summed E-state index contributed by atoms with van der Waals surface area (Å²) in [5.74, 6) is -1.04. The maximum absolute atomic E-state index is 11.3. The van der Waals surface area contributed by atoms with Crippen LogP contribution in [0.2, 0.25) is 0 Å². The zero-order valence-corrected chi connectivity index (χ0v) is 6.70. The van der Waals surface area contributed by atoms with Crippen LogP contribution in [0.4, 0.5) is 0 Å². The summed E-state index contributed by atoms with van der Waals surface area (Å²) in [5.41, 5.74) is 1.07. The van der Waals surface area contributed by atoms with Gasteiger partial charge in [-0.25, -0.2) is 4.79 Å². The Morgan fingerprint density at radius 2 is 2.31 bits per heavy atom. The molecule has 13 heavy (non-hydrogen) atoms.